The third-order valence-corrected chi connectivity index (χ3v) is 5.43. The first-order chi connectivity index (χ1) is 9.43. The van der Waals surface area contributed by atoms with Crippen molar-refractivity contribution < 1.29 is 8.78 Å². The topological polar surface area (TPSA) is 12.0 Å². The van der Waals surface area contributed by atoms with E-state index < -0.39 is 17.7 Å². The van der Waals surface area contributed by atoms with Crippen LogP contribution in [0, 0.1) is 11.6 Å². The molecule has 1 atom stereocenters. The van der Waals surface area contributed by atoms with E-state index in [2.05, 4.69) is 37.2 Å². The maximum absolute atomic E-state index is 14.1. The molecule has 0 saturated heterocycles. The maximum atomic E-state index is 14.1. The van der Waals surface area contributed by atoms with Gasteiger partial charge in [-0.15, -0.1) is 11.3 Å². The van der Waals surface area contributed by atoms with Crippen LogP contribution in [0.15, 0.2) is 25.8 Å². The number of hydrogen-bond donors (Lipinski definition) is 1. The van der Waals surface area contributed by atoms with Gasteiger partial charge in [0.2, 0.25) is 0 Å². The van der Waals surface area contributed by atoms with Gasteiger partial charge in [0.1, 0.15) is 11.6 Å². The highest BCUT2D eigenvalue weighted by molar-refractivity contribution is 9.12. The van der Waals surface area contributed by atoms with Crippen molar-refractivity contribution in [1.82, 2.24) is 5.32 Å². The lowest BCUT2D eigenvalue weighted by molar-refractivity contribution is 0.545. The van der Waals surface area contributed by atoms with E-state index in [0.29, 0.717) is 6.54 Å². The molecule has 0 saturated carbocycles. The fraction of sp³-hybridized carbons (Fsp3) is 0.231. The number of benzene rings is 1. The minimum atomic E-state index is -0.628. The predicted molar refractivity (Wildman–Crippen MR) is 86.6 cm³/mol. The summed E-state index contributed by atoms with van der Waals surface area (Å²) < 4.78 is 29.5. The van der Waals surface area contributed by atoms with Crippen molar-refractivity contribution in [3.05, 3.63) is 53.6 Å². The Morgan fingerprint density at radius 2 is 1.90 bits per heavy atom. The Morgan fingerprint density at radius 3 is 2.45 bits per heavy atom. The zero-order chi connectivity index (χ0) is 14.9. The van der Waals surface area contributed by atoms with Crippen molar-refractivity contribution in [1.29, 1.82) is 0 Å². The lowest BCUT2D eigenvalue weighted by atomic mass is 10.0. The van der Waals surface area contributed by atoms with E-state index in [1.54, 1.807) is 0 Å². The largest absolute Gasteiger partial charge is 0.306 e. The fourth-order valence-electron chi connectivity index (χ4n) is 1.90. The lowest BCUT2D eigenvalue weighted by Gasteiger charge is -2.19. The molecule has 1 unspecified atom stereocenters. The summed E-state index contributed by atoms with van der Waals surface area (Å²) in [7, 11) is 0. The molecule has 2 aromatic rings. The Hall–Kier alpha value is -0.0100. The molecule has 0 spiro atoms. The van der Waals surface area contributed by atoms with Gasteiger partial charge in [-0.2, -0.15) is 0 Å². The molecule has 0 aliphatic carbocycles. The molecular weight excluding hydrogens is 435 g/mol. The Balaban J connectivity index is 2.54. The van der Waals surface area contributed by atoms with Crippen LogP contribution in [0.2, 0.25) is 5.02 Å². The molecule has 0 aliphatic rings. The van der Waals surface area contributed by atoms with Crippen molar-refractivity contribution in [2.45, 2.75) is 13.0 Å². The molecule has 108 valence electrons. The van der Waals surface area contributed by atoms with Crippen molar-refractivity contribution in [3.8, 4) is 0 Å². The molecule has 1 aromatic carbocycles. The van der Waals surface area contributed by atoms with Crippen LogP contribution in [0.5, 0.6) is 0 Å². The van der Waals surface area contributed by atoms with Crippen molar-refractivity contribution in [2.24, 2.45) is 0 Å². The number of thiophene rings is 1. The van der Waals surface area contributed by atoms with E-state index in [1.165, 1.54) is 11.3 Å². The molecule has 0 amide bonds. The van der Waals surface area contributed by atoms with E-state index >= 15 is 0 Å². The summed E-state index contributed by atoms with van der Waals surface area (Å²) in [4.78, 5) is 0. The van der Waals surface area contributed by atoms with Crippen LogP contribution in [0.3, 0.4) is 0 Å². The molecule has 0 bridgehead atoms. The summed E-state index contributed by atoms with van der Waals surface area (Å²) >= 11 is 13.9. The zero-order valence-electron chi connectivity index (χ0n) is 10.3. The molecule has 1 nitrogen and oxygen atoms in total. The molecular formula is C13H10Br2ClF2NS. The highest BCUT2D eigenvalue weighted by Crippen LogP contribution is 2.39. The van der Waals surface area contributed by atoms with E-state index in [0.717, 1.165) is 25.3 Å². The summed E-state index contributed by atoms with van der Waals surface area (Å²) in [5.74, 6) is -1.16. The van der Waals surface area contributed by atoms with Crippen LogP contribution >= 0.6 is 54.8 Å². The SMILES string of the molecule is CCNC(c1cc(F)c(Cl)cc1F)c1cc(Br)sc1Br. The van der Waals surface area contributed by atoms with Gasteiger partial charge < -0.3 is 5.32 Å². The van der Waals surface area contributed by atoms with Crippen LogP contribution in [0.1, 0.15) is 24.1 Å². The van der Waals surface area contributed by atoms with Crippen LogP contribution < -0.4 is 5.32 Å². The van der Waals surface area contributed by atoms with Crippen molar-refractivity contribution in [3.63, 3.8) is 0 Å². The quantitative estimate of drug-likeness (QED) is 0.578. The summed E-state index contributed by atoms with van der Waals surface area (Å²) in [5.41, 5.74) is 1.09. The summed E-state index contributed by atoms with van der Waals surface area (Å²) in [5, 5.41) is 2.95. The van der Waals surface area contributed by atoms with Gasteiger partial charge >= 0.3 is 0 Å². The monoisotopic (exact) mass is 443 g/mol. The van der Waals surface area contributed by atoms with Crippen LogP contribution in [-0.4, -0.2) is 6.54 Å². The van der Waals surface area contributed by atoms with Gasteiger partial charge in [-0.1, -0.05) is 18.5 Å². The van der Waals surface area contributed by atoms with E-state index in [9.17, 15) is 8.78 Å². The zero-order valence-corrected chi connectivity index (χ0v) is 15.1. The molecule has 1 heterocycles. The van der Waals surface area contributed by atoms with E-state index in [1.807, 2.05) is 13.0 Å². The molecule has 1 aromatic heterocycles. The number of rotatable bonds is 4. The van der Waals surface area contributed by atoms with E-state index in [4.69, 9.17) is 11.6 Å². The molecule has 20 heavy (non-hydrogen) atoms. The maximum Gasteiger partial charge on any atom is 0.142 e. The van der Waals surface area contributed by atoms with Crippen molar-refractivity contribution >= 4 is 54.8 Å². The Morgan fingerprint density at radius 1 is 1.20 bits per heavy atom. The van der Waals surface area contributed by atoms with Crippen LogP contribution in [0.25, 0.3) is 0 Å². The third-order valence-electron chi connectivity index (χ3n) is 2.75. The van der Waals surface area contributed by atoms with Gasteiger partial charge in [-0.3, -0.25) is 0 Å². The minimum Gasteiger partial charge on any atom is -0.306 e. The normalized spacial score (nSPS) is 12.7. The van der Waals surface area contributed by atoms with E-state index in [-0.39, 0.29) is 10.6 Å². The minimum absolute atomic E-state index is 0.216. The first-order valence-electron chi connectivity index (χ1n) is 5.76. The van der Waals surface area contributed by atoms with Gasteiger partial charge in [0.05, 0.1) is 18.6 Å². The molecule has 2 rings (SSSR count). The van der Waals surface area contributed by atoms with Gasteiger partial charge in [-0.25, -0.2) is 8.78 Å². The van der Waals surface area contributed by atoms with Crippen molar-refractivity contribution in [2.75, 3.05) is 6.54 Å². The Bertz CT molecular complexity index is 633. The lowest BCUT2D eigenvalue weighted by Crippen LogP contribution is -2.23. The smallest absolute Gasteiger partial charge is 0.142 e. The molecule has 1 N–H and O–H groups in total. The molecule has 0 aliphatic heterocycles. The third kappa shape index (κ3) is 3.42. The van der Waals surface area contributed by atoms with Gasteiger partial charge in [0.15, 0.2) is 0 Å². The second kappa shape index (κ2) is 6.83. The van der Waals surface area contributed by atoms with Gasteiger partial charge in [0, 0.05) is 5.56 Å². The predicted octanol–water partition coefficient (Wildman–Crippen LogP) is 5.90. The molecule has 0 radical (unpaired) electrons. The summed E-state index contributed by atoms with van der Waals surface area (Å²) in [6.45, 7) is 2.53. The van der Waals surface area contributed by atoms with Crippen LogP contribution in [0.4, 0.5) is 8.78 Å². The standard InChI is InChI=1S/C13H10Br2ClF2NS/c1-2-19-12(7-4-11(14)20-13(7)15)6-3-10(18)8(16)5-9(6)17/h3-5,12,19H,2H2,1H3. The highest BCUT2D eigenvalue weighted by Gasteiger charge is 2.23. The first kappa shape index (κ1) is 16.4. The Labute approximate surface area is 141 Å². The molecule has 0 fully saturated rings. The summed E-state index contributed by atoms with van der Waals surface area (Å²) in [6, 6.07) is 3.59. The Kier molecular flexibility index (Phi) is 5.59. The van der Waals surface area contributed by atoms with Gasteiger partial charge in [-0.05, 0) is 62.2 Å². The molecule has 7 heteroatoms. The number of halogens is 5. The average molecular weight is 446 g/mol. The highest BCUT2D eigenvalue weighted by atomic mass is 79.9. The van der Waals surface area contributed by atoms with Crippen LogP contribution in [-0.2, 0) is 0 Å². The fourth-order valence-corrected chi connectivity index (χ4v) is 4.95. The second-order valence-electron chi connectivity index (χ2n) is 4.06. The number of nitrogens with one attached hydrogen (secondary N) is 1. The first-order valence-corrected chi connectivity index (χ1v) is 8.54. The second-order valence-corrected chi connectivity index (χ2v) is 8.21. The van der Waals surface area contributed by atoms with Gasteiger partial charge in [0.25, 0.3) is 0 Å². The average Bonchev–Trinajstić information content (AvgIpc) is 2.70. The summed E-state index contributed by atoms with van der Waals surface area (Å²) in [6.07, 6.45) is 0. The number of hydrogen-bond acceptors (Lipinski definition) is 2.